The van der Waals surface area contributed by atoms with E-state index in [1.807, 2.05) is 39.8 Å². The third-order valence-corrected chi connectivity index (χ3v) is 13.2. The maximum absolute atomic E-state index is 14.6. The van der Waals surface area contributed by atoms with Crippen LogP contribution >= 0.6 is 11.6 Å². The van der Waals surface area contributed by atoms with E-state index in [0.29, 0.717) is 44.1 Å². The zero-order chi connectivity index (χ0) is 41.5. The standard InChI is InChI=1S/C43H68ClNO11/c1-10-30-18-24(2)17-25(3)19-36(53-8)39-37(54-9)21-27(5)40(48)43(51,56-39)42(50)45-16-12-11-13-32(45)41(49)55-38(28(6)33(46)23-34(30)47)26(4)20-29-14-15-31(44)35(22-29)52-7/h18,20,25,27-33,35-39,46,51H,10-17,19,21-23H2,1-9H3/b24-18+,26-20+/t25-,27+,28+,29-,30+,31-,32-,33-,35+,36-,37-,38+,39+,43-/m0/s1. The average Bonchev–Trinajstić information content (AvgIpc) is 3.27. The molecule has 4 aliphatic rings. The molecule has 2 N–H and O–H groups in total. The maximum Gasteiger partial charge on any atom is 0.329 e. The fourth-order valence-corrected chi connectivity index (χ4v) is 9.69. The van der Waals surface area contributed by atoms with Crippen LogP contribution in [0, 0.1) is 29.6 Å². The number of rotatable bonds is 6. The van der Waals surface area contributed by atoms with Crippen LogP contribution in [0.25, 0.3) is 0 Å². The predicted octanol–water partition coefficient (Wildman–Crippen LogP) is 5.72. The van der Waals surface area contributed by atoms with Crippen LogP contribution in [0.3, 0.4) is 0 Å². The van der Waals surface area contributed by atoms with Gasteiger partial charge >= 0.3 is 11.8 Å². The van der Waals surface area contributed by atoms with Crippen molar-refractivity contribution in [1.82, 2.24) is 4.90 Å². The van der Waals surface area contributed by atoms with Crippen LogP contribution in [0.15, 0.2) is 23.3 Å². The molecule has 12 nitrogen and oxygen atoms in total. The highest BCUT2D eigenvalue weighted by Gasteiger charge is 2.57. The predicted molar refractivity (Wildman–Crippen MR) is 212 cm³/mol. The lowest BCUT2D eigenvalue weighted by Gasteiger charge is -2.41. The third-order valence-electron chi connectivity index (χ3n) is 12.7. The van der Waals surface area contributed by atoms with Crippen LogP contribution in [0.4, 0.5) is 0 Å². The van der Waals surface area contributed by atoms with Crippen LogP contribution < -0.4 is 0 Å². The Hall–Kier alpha value is -2.19. The summed E-state index contributed by atoms with van der Waals surface area (Å²) in [4.78, 5) is 58.1. The number of aliphatic hydroxyl groups excluding tert-OH is 1. The summed E-state index contributed by atoms with van der Waals surface area (Å²) in [5.41, 5.74) is 1.69. The number of esters is 1. The number of carbonyl (C=O) groups is 4. The molecule has 1 saturated carbocycles. The van der Waals surface area contributed by atoms with Gasteiger partial charge in [0.15, 0.2) is 0 Å². The molecule has 0 aromatic heterocycles. The minimum Gasteiger partial charge on any atom is -0.456 e. The summed E-state index contributed by atoms with van der Waals surface area (Å²) in [5, 5.41) is 23.8. The first-order valence-electron chi connectivity index (χ1n) is 20.7. The SMILES string of the molecule is CC[C@@H]1/C=C(\C)C[C@H](C)C[C@H](OC)[C@H]2O[C@@](O)(C(=O)[C@H](C)C[C@@H]2OC)C(=O)N2CCCC[C@H]2C(=O)O[C@H](/C(C)=C/[C@@H]2CC[C@H](Cl)[C@H](OC)C2)[C@H](C)[C@@H](O)CC1=O. The van der Waals surface area contributed by atoms with Crippen LogP contribution in [-0.2, 0) is 42.9 Å². The number of fused-ring (bicyclic) bond motifs is 3. The van der Waals surface area contributed by atoms with Gasteiger partial charge in [0.05, 0.1) is 29.8 Å². The van der Waals surface area contributed by atoms with Gasteiger partial charge < -0.3 is 38.8 Å². The van der Waals surface area contributed by atoms with Crippen molar-refractivity contribution in [2.24, 2.45) is 29.6 Å². The molecule has 0 aromatic carbocycles. The minimum atomic E-state index is -2.91. The van der Waals surface area contributed by atoms with Gasteiger partial charge in [0.25, 0.3) is 5.91 Å². The molecule has 318 valence electrons. The Morgan fingerprint density at radius 3 is 2.27 bits per heavy atom. The molecule has 14 atom stereocenters. The third kappa shape index (κ3) is 10.9. The molecule has 13 heteroatoms. The Morgan fingerprint density at radius 2 is 1.62 bits per heavy atom. The van der Waals surface area contributed by atoms with Gasteiger partial charge in [-0.3, -0.25) is 14.4 Å². The lowest BCUT2D eigenvalue weighted by Crippen LogP contribution is -2.63. The molecular formula is C43H68ClNO11. The normalized spacial score (nSPS) is 41.6. The molecule has 3 fully saturated rings. The zero-order valence-electron chi connectivity index (χ0n) is 35.0. The van der Waals surface area contributed by atoms with Gasteiger partial charge in [-0.2, -0.15) is 0 Å². The molecule has 1 aliphatic carbocycles. The largest absolute Gasteiger partial charge is 0.456 e. The summed E-state index contributed by atoms with van der Waals surface area (Å²) in [5.74, 6) is -7.42. The molecule has 0 unspecified atom stereocenters. The Kier molecular flexibility index (Phi) is 17.2. The molecule has 56 heavy (non-hydrogen) atoms. The van der Waals surface area contributed by atoms with Crippen molar-refractivity contribution in [3.05, 3.63) is 23.3 Å². The van der Waals surface area contributed by atoms with E-state index < -0.39 is 77.8 Å². The van der Waals surface area contributed by atoms with Crippen LogP contribution in [0.5, 0.6) is 0 Å². The number of ketones is 2. The number of aliphatic hydroxyl groups is 2. The van der Waals surface area contributed by atoms with Gasteiger partial charge in [0.1, 0.15) is 24.0 Å². The summed E-state index contributed by atoms with van der Waals surface area (Å²) >= 11 is 6.53. The second-order valence-electron chi connectivity index (χ2n) is 17.1. The summed E-state index contributed by atoms with van der Waals surface area (Å²) in [6.07, 6.45) is 4.65. The first-order valence-corrected chi connectivity index (χ1v) is 21.2. The van der Waals surface area contributed by atoms with E-state index in [4.69, 9.17) is 35.3 Å². The highest BCUT2D eigenvalue weighted by atomic mass is 35.5. The Balaban J connectivity index is 1.81. The minimum absolute atomic E-state index is 0.0108. The fraction of sp³-hybridized carbons (Fsp3) is 0.814. The van der Waals surface area contributed by atoms with Crippen molar-refractivity contribution in [3.8, 4) is 0 Å². The topological polar surface area (TPSA) is 158 Å². The van der Waals surface area contributed by atoms with Crippen LogP contribution in [0.2, 0.25) is 0 Å². The number of carbonyl (C=O) groups excluding carboxylic acids is 4. The van der Waals surface area contributed by atoms with Crippen molar-refractivity contribution in [3.63, 3.8) is 0 Å². The summed E-state index contributed by atoms with van der Waals surface area (Å²) < 4.78 is 30.0. The monoisotopic (exact) mass is 809 g/mol. The van der Waals surface area contributed by atoms with Gasteiger partial charge in [0.2, 0.25) is 5.78 Å². The number of Topliss-reactive ketones (excluding diaryl/α,β-unsaturated/α-hetero) is 2. The number of hydrogen-bond donors (Lipinski definition) is 2. The number of alkyl halides is 1. The smallest absolute Gasteiger partial charge is 0.329 e. The van der Waals surface area contributed by atoms with Crippen LogP contribution in [-0.4, -0.2) is 120 Å². The molecule has 4 rings (SSSR count). The second-order valence-corrected chi connectivity index (χ2v) is 17.6. The molecular weight excluding hydrogens is 742 g/mol. The van der Waals surface area contributed by atoms with Crippen molar-refractivity contribution in [1.29, 1.82) is 0 Å². The number of allylic oxidation sites excluding steroid dienone is 3. The number of piperidine rings is 1. The lowest BCUT2D eigenvalue weighted by molar-refractivity contribution is -0.251. The van der Waals surface area contributed by atoms with E-state index in [9.17, 15) is 29.4 Å². The van der Waals surface area contributed by atoms with Crippen molar-refractivity contribution in [2.75, 3.05) is 27.9 Å². The van der Waals surface area contributed by atoms with Gasteiger partial charge in [-0.05, 0) is 95.5 Å². The molecule has 2 bridgehead atoms. The van der Waals surface area contributed by atoms with E-state index in [1.54, 1.807) is 21.0 Å². The van der Waals surface area contributed by atoms with Gasteiger partial charge in [-0.1, -0.05) is 45.4 Å². The molecule has 2 saturated heterocycles. The number of halogens is 1. The van der Waals surface area contributed by atoms with Crippen LogP contribution in [0.1, 0.15) is 112 Å². The van der Waals surface area contributed by atoms with Gasteiger partial charge in [0, 0.05) is 52.0 Å². The number of ether oxygens (including phenoxy) is 5. The van der Waals surface area contributed by atoms with Crippen molar-refractivity contribution >= 4 is 35.0 Å². The molecule has 0 spiro atoms. The second kappa shape index (κ2) is 20.7. The number of methoxy groups -OCH3 is 3. The number of cyclic esters (lactones) is 1. The van der Waals surface area contributed by atoms with E-state index >= 15 is 0 Å². The van der Waals surface area contributed by atoms with Gasteiger partial charge in [-0.15, -0.1) is 11.6 Å². The molecule has 0 radical (unpaired) electrons. The van der Waals surface area contributed by atoms with Gasteiger partial charge in [-0.25, -0.2) is 4.79 Å². The fourth-order valence-electron chi connectivity index (χ4n) is 9.36. The molecule has 3 aliphatic heterocycles. The quantitative estimate of drug-likeness (QED) is 0.146. The average molecular weight is 810 g/mol. The summed E-state index contributed by atoms with van der Waals surface area (Å²) in [6, 6.07) is -1.14. The Labute approximate surface area is 339 Å². The molecule has 0 aromatic rings. The van der Waals surface area contributed by atoms with E-state index in [0.717, 1.165) is 18.4 Å². The Bertz CT molecular complexity index is 1440. The molecule has 1 amide bonds. The van der Waals surface area contributed by atoms with Crippen molar-refractivity contribution < 1.29 is 53.1 Å². The zero-order valence-corrected chi connectivity index (χ0v) is 35.8. The highest BCUT2D eigenvalue weighted by molar-refractivity contribution is 6.21. The first kappa shape index (κ1) is 46.5. The summed E-state index contributed by atoms with van der Waals surface area (Å²) in [6.45, 7) is 11.3. The number of nitrogens with zero attached hydrogens (tertiary/aromatic N) is 1. The number of hydrogen-bond acceptors (Lipinski definition) is 11. The highest BCUT2D eigenvalue weighted by Crippen LogP contribution is 2.37. The summed E-state index contributed by atoms with van der Waals surface area (Å²) in [7, 11) is 4.66. The van der Waals surface area contributed by atoms with Crippen molar-refractivity contribution in [2.45, 2.75) is 166 Å². The molecule has 3 heterocycles. The first-order chi connectivity index (χ1) is 26.5. The van der Waals surface area contributed by atoms with E-state index in [1.165, 1.54) is 19.1 Å². The maximum atomic E-state index is 14.6. The number of amides is 1. The lowest BCUT2D eigenvalue weighted by atomic mass is 9.82. The van der Waals surface area contributed by atoms with E-state index in [-0.39, 0.29) is 54.9 Å². The van der Waals surface area contributed by atoms with E-state index in [2.05, 4.69) is 0 Å². The Morgan fingerprint density at radius 1 is 0.964 bits per heavy atom.